The quantitative estimate of drug-likeness (QED) is 0.319. The van der Waals surface area contributed by atoms with Gasteiger partial charge < -0.3 is 0 Å². The van der Waals surface area contributed by atoms with E-state index in [0.29, 0.717) is 0 Å². The molecule has 4 rings (SSSR count). The van der Waals surface area contributed by atoms with E-state index in [0.717, 1.165) is 12.8 Å². The maximum atomic E-state index is 2.58. The summed E-state index contributed by atoms with van der Waals surface area (Å²) in [6.45, 7) is 0. The van der Waals surface area contributed by atoms with Gasteiger partial charge in [0.05, 0.1) is 4.08 Å². The van der Waals surface area contributed by atoms with Gasteiger partial charge in [0.2, 0.25) is 0 Å². The number of allylic oxidation sites excluding steroid dienone is 2. The SMILES string of the molecule is CSC1(SC)CC=C([Si](c2ccccc2)(c2ccccc2)c2ccccc2)C1. The highest BCUT2D eigenvalue weighted by atomic mass is 32.2. The molecule has 0 nitrogen and oxygen atoms in total. The maximum absolute atomic E-state index is 2.58. The molecule has 1 aliphatic carbocycles. The fourth-order valence-corrected chi connectivity index (χ4v) is 11.7. The first-order chi connectivity index (χ1) is 13.7. The third-order valence-corrected chi connectivity index (χ3v) is 14.0. The summed E-state index contributed by atoms with van der Waals surface area (Å²) in [5, 5.41) is 6.10. The van der Waals surface area contributed by atoms with Gasteiger partial charge in [0.1, 0.15) is 0 Å². The van der Waals surface area contributed by atoms with Crippen molar-refractivity contribution in [3.05, 3.63) is 102 Å². The summed E-state index contributed by atoms with van der Waals surface area (Å²) in [6, 6.07) is 33.7. The van der Waals surface area contributed by atoms with Crippen molar-refractivity contribution in [1.29, 1.82) is 0 Å². The van der Waals surface area contributed by atoms with E-state index in [2.05, 4.69) is 110 Å². The third-order valence-electron chi connectivity index (χ3n) is 5.97. The molecular formula is C25H26S2Si. The molecular weight excluding hydrogens is 392 g/mol. The molecule has 0 N–H and O–H groups in total. The molecule has 0 aliphatic heterocycles. The standard InChI is InChI=1S/C25H26S2Si/c1-26-25(27-2)19-18-24(20-25)28(21-12-6-3-7-13-21,22-14-8-4-9-15-22)23-16-10-5-11-17-23/h3-18H,19-20H2,1-2H3. The highest BCUT2D eigenvalue weighted by Gasteiger charge is 2.48. The van der Waals surface area contributed by atoms with Crippen LogP contribution in [0.15, 0.2) is 102 Å². The van der Waals surface area contributed by atoms with Gasteiger partial charge in [-0.15, -0.1) is 23.5 Å². The molecule has 0 atom stereocenters. The van der Waals surface area contributed by atoms with E-state index in [4.69, 9.17) is 0 Å². The second-order valence-electron chi connectivity index (χ2n) is 7.28. The van der Waals surface area contributed by atoms with Gasteiger partial charge in [-0.2, -0.15) is 0 Å². The van der Waals surface area contributed by atoms with Crippen molar-refractivity contribution in [2.45, 2.75) is 16.9 Å². The lowest BCUT2D eigenvalue weighted by molar-refractivity contribution is 0.881. The summed E-state index contributed by atoms with van der Waals surface area (Å²) >= 11 is 4.04. The van der Waals surface area contributed by atoms with E-state index in [1.54, 1.807) is 5.20 Å². The van der Waals surface area contributed by atoms with Gasteiger partial charge in [-0.25, -0.2) is 0 Å². The van der Waals surface area contributed by atoms with E-state index in [9.17, 15) is 0 Å². The van der Waals surface area contributed by atoms with E-state index in [-0.39, 0.29) is 4.08 Å². The Morgan fingerprint density at radius 1 is 0.643 bits per heavy atom. The minimum absolute atomic E-state index is 0.270. The molecule has 0 aromatic heterocycles. The van der Waals surface area contributed by atoms with Gasteiger partial charge in [-0.3, -0.25) is 0 Å². The van der Waals surface area contributed by atoms with Crippen molar-refractivity contribution in [3.63, 3.8) is 0 Å². The average Bonchev–Trinajstić information content (AvgIpc) is 3.22. The van der Waals surface area contributed by atoms with Crippen molar-refractivity contribution in [2.75, 3.05) is 12.5 Å². The Morgan fingerprint density at radius 3 is 1.36 bits per heavy atom. The minimum atomic E-state index is -2.28. The number of rotatable bonds is 6. The van der Waals surface area contributed by atoms with Crippen LogP contribution in [0.25, 0.3) is 0 Å². The number of hydrogen-bond donors (Lipinski definition) is 0. The van der Waals surface area contributed by atoms with Gasteiger partial charge in [0.15, 0.2) is 8.07 Å². The summed E-state index contributed by atoms with van der Waals surface area (Å²) in [7, 11) is -2.28. The molecule has 3 aromatic rings. The lowest BCUT2D eigenvalue weighted by atomic mass is 10.3. The van der Waals surface area contributed by atoms with Crippen molar-refractivity contribution < 1.29 is 0 Å². The summed E-state index contributed by atoms with van der Waals surface area (Å²) < 4.78 is 0.270. The van der Waals surface area contributed by atoms with Gasteiger partial charge in [0, 0.05) is 0 Å². The highest BCUT2D eigenvalue weighted by molar-refractivity contribution is 8.17. The molecule has 0 saturated carbocycles. The first-order valence-corrected chi connectivity index (χ1v) is 14.2. The summed E-state index contributed by atoms with van der Waals surface area (Å²) in [5.74, 6) is 0. The van der Waals surface area contributed by atoms with E-state index >= 15 is 0 Å². The van der Waals surface area contributed by atoms with Crippen LogP contribution in [0.3, 0.4) is 0 Å². The van der Waals surface area contributed by atoms with Crippen LogP contribution in [0.1, 0.15) is 12.8 Å². The molecule has 0 fully saturated rings. The van der Waals surface area contributed by atoms with E-state index in [1.807, 2.05) is 23.5 Å². The predicted octanol–water partition coefficient (Wildman–Crippen LogP) is 4.84. The van der Waals surface area contributed by atoms with Crippen molar-refractivity contribution in [2.24, 2.45) is 0 Å². The van der Waals surface area contributed by atoms with Crippen molar-refractivity contribution in [3.8, 4) is 0 Å². The van der Waals surface area contributed by atoms with E-state index in [1.165, 1.54) is 15.6 Å². The Balaban J connectivity index is 2.00. The van der Waals surface area contributed by atoms with Crippen LogP contribution in [0.5, 0.6) is 0 Å². The lowest BCUT2D eigenvalue weighted by Crippen LogP contribution is -2.68. The second kappa shape index (κ2) is 8.36. The Hall–Kier alpha value is -1.68. The molecule has 0 heterocycles. The molecule has 0 saturated heterocycles. The Morgan fingerprint density at radius 2 is 1.04 bits per heavy atom. The van der Waals surface area contributed by atoms with Gasteiger partial charge >= 0.3 is 0 Å². The maximum Gasteiger partial charge on any atom is 0.175 e. The van der Waals surface area contributed by atoms with Crippen LogP contribution in [-0.4, -0.2) is 24.7 Å². The van der Waals surface area contributed by atoms with Crippen LogP contribution in [0.2, 0.25) is 0 Å². The summed E-state index contributed by atoms with van der Waals surface area (Å²) in [6.07, 6.45) is 9.41. The zero-order valence-corrected chi connectivity index (χ0v) is 19.1. The van der Waals surface area contributed by atoms with Crippen LogP contribution >= 0.6 is 23.5 Å². The average molecular weight is 419 g/mol. The molecule has 0 bridgehead atoms. The topological polar surface area (TPSA) is 0 Å². The second-order valence-corrected chi connectivity index (χ2v) is 13.8. The molecule has 142 valence electrons. The predicted molar refractivity (Wildman–Crippen MR) is 131 cm³/mol. The molecule has 0 amide bonds. The first kappa shape index (κ1) is 19.6. The molecule has 1 aliphatic rings. The van der Waals surface area contributed by atoms with Crippen molar-refractivity contribution >= 4 is 47.2 Å². The number of thioether (sulfide) groups is 2. The van der Waals surface area contributed by atoms with E-state index < -0.39 is 8.07 Å². The van der Waals surface area contributed by atoms with Crippen LogP contribution < -0.4 is 15.6 Å². The summed E-state index contributed by atoms with van der Waals surface area (Å²) in [4.78, 5) is 0. The van der Waals surface area contributed by atoms with Gasteiger partial charge in [0.25, 0.3) is 0 Å². The smallest absolute Gasteiger partial charge is 0.147 e. The fraction of sp³-hybridized carbons (Fsp3) is 0.200. The minimum Gasteiger partial charge on any atom is -0.147 e. The molecule has 0 radical (unpaired) electrons. The molecule has 0 spiro atoms. The number of hydrogen-bond acceptors (Lipinski definition) is 2. The Kier molecular flexibility index (Phi) is 5.86. The Labute approximate surface area is 178 Å². The molecule has 3 heteroatoms. The fourth-order valence-electron chi connectivity index (χ4n) is 4.51. The lowest BCUT2D eigenvalue weighted by Gasteiger charge is -2.37. The van der Waals surface area contributed by atoms with Crippen LogP contribution in [0.4, 0.5) is 0 Å². The molecule has 0 unspecified atom stereocenters. The summed E-state index contributed by atoms with van der Waals surface area (Å²) in [5.41, 5.74) is 0. The first-order valence-electron chi connectivity index (χ1n) is 9.71. The van der Waals surface area contributed by atoms with Crippen LogP contribution in [-0.2, 0) is 0 Å². The van der Waals surface area contributed by atoms with Crippen molar-refractivity contribution in [1.82, 2.24) is 0 Å². The zero-order valence-electron chi connectivity index (χ0n) is 16.5. The monoisotopic (exact) mass is 418 g/mol. The highest BCUT2D eigenvalue weighted by Crippen LogP contribution is 2.48. The normalized spacial score (nSPS) is 16.0. The Bertz CT molecular complexity index is 835. The zero-order chi connectivity index (χ0) is 19.5. The third kappa shape index (κ3) is 3.30. The number of benzene rings is 3. The largest absolute Gasteiger partial charge is 0.175 e. The molecule has 3 aromatic carbocycles. The molecule has 28 heavy (non-hydrogen) atoms. The van der Waals surface area contributed by atoms with Gasteiger partial charge in [-0.05, 0) is 40.9 Å². The van der Waals surface area contributed by atoms with Gasteiger partial charge in [-0.1, -0.05) is 102 Å². The van der Waals surface area contributed by atoms with Crippen LogP contribution in [0, 0.1) is 0 Å².